The van der Waals surface area contributed by atoms with Crippen LogP contribution in [0.25, 0.3) is 0 Å². The predicted octanol–water partition coefficient (Wildman–Crippen LogP) is 4.11. The molecule has 0 aliphatic rings. The van der Waals surface area contributed by atoms with Gasteiger partial charge in [-0.15, -0.1) is 11.3 Å². The molecule has 0 bridgehead atoms. The van der Waals surface area contributed by atoms with E-state index in [1.165, 1.54) is 17.4 Å². The third-order valence-electron chi connectivity index (χ3n) is 2.57. The fourth-order valence-corrected chi connectivity index (χ4v) is 3.09. The summed E-state index contributed by atoms with van der Waals surface area (Å²) >= 11 is 10.3. The zero-order chi connectivity index (χ0) is 16.3. The second-order valence-electron chi connectivity index (χ2n) is 4.02. The third-order valence-corrected chi connectivity index (χ3v) is 4.54. The number of carbonyl (C=O) groups excluding carboxylic acids is 2. The minimum absolute atomic E-state index is 0.0348. The molecule has 0 fully saturated rings. The summed E-state index contributed by atoms with van der Waals surface area (Å²) in [4.78, 5) is 34.1. The monoisotopic (exact) mass is 403 g/mol. The summed E-state index contributed by atoms with van der Waals surface area (Å²) < 4.78 is 5.68. The zero-order valence-electron chi connectivity index (χ0n) is 10.7. The number of esters is 1. The van der Waals surface area contributed by atoms with Gasteiger partial charge in [0.25, 0.3) is 5.69 Å². The number of hydrogen-bond donors (Lipinski definition) is 0. The number of thiophene rings is 1. The summed E-state index contributed by atoms with van der Waals surface area (Å²) in [6.07, 6.45) is 0. The number of ketones is 1. The van der Waals surface area contributed by atoms with E-state index in [0.29, 0.717) is 4.88 Å². The molecule has 0 atom stereocenters. The van der Waals surface area contributed by atoms with Gasteiger partial charge in [-0.25, -0.2) is 4.79 Å². The lowest BCUT2D eigenvalue weighted by atomic mass is 10.2. The van der Waals surface area contributed by atoms with Crippen LogP contribution < -0.4 is 0 Å². The number of carbonyl (C=O) groups is 2. The average molecular weight is 405 g/mol. The van der Waals surface area contributed by atoms with Crippen LogP contribution in [0.15, 0.2) is 34.1 Å². The SMILES string of the molecule is O=C(COC(=O)c1ccc([N+](=O)[O-])cc1Cl)c1ccc(Br)s1. The minimum atomic E-state index is -0.816. The number of ether oxygens (including phenoxy) is 1. The number of hydrogen-bond acceptors (Lipinski definition) is 6. The second kappa shape index (κ2) is 6.99. The van der Waals surface area contributed by atoms with Gasteiger partial charge < -0.3 is 4.74 Å². The van der Waals surface area contributed by atoms with E-state index in [1.54, 1.807) is 12.1 Å². The van der Waals surface area contributed by atoms with Crippen molar-refractivity contribution < 1.29 is 19.2 Å². The van der Waals surface area contributed by atoms with Crippen molar-refractivity contribution in [2.75, 3.05) is 6.61 Å². The molecule has 6 nitrogen and oxygen atoms in total. The first-order valence-corrected chi connectivity index (χ1v) is 7.77. The van der Waals surface area contributed by atoms with Crippen molar-refractivity contribution in [1.82, 2.24) is 0 Å². The number of nitrogens with zero attached hydrogens (tertiary/aromatic N) is 1. The van der Waals surface area contributed by atoms with E-state index in [9.17, 15) is 19.7 Å². The van der Waals surface area contributed by atoms with Crippen LogP contribution in [0.4, 0.5) is 5.69 Å². The van der Waals surface area contributed by atoms with Gasteiger partial charge in [0.1, 0.15) is 0 Å². The maximum absolute atomic E-state index is 11.9. The van der Waals surface area contributed by atoms with E-state index in [1.807, 2.05) is 0 Å². The van der Waals surface area contributed by atoms with Gasteiger partial charge in [0, 0.05) is 12.1 Å². The van der Waals surface area contributed by atoms with E-state index in [-0.39, 0.29) is 22.1 Å². The second-order valence-corrected chi connectivity index (χ2v) is 6.89. The van der Waals surface area contributed by atoms with Gasteiger partial charge in [0.15, 0.2) is 6.61 Å². The molecule has 9 heteroatoms. The molecule has 1 aromatic heterocycles. The number of Topliss-reactive ketones (excluding diaryl/α,β-unsaturated/α-hetero) is 1. The Morgan fingerprint density at radius 3 is 2.59 bits per heavy atom. The lowest BCUT2D eigenvalue weighted by Crippen LogP contribution is -2.13. The van der Waals surface area contributed by atoms with E-state index < -0.39 is 17.5 Å². The number of non-ortho nitro benzene ring substituents is 1. The highest BCUT2D eigenvalue weighted by atomic mass is 79.9. The molecule has 0 amide bonds. The molecule has 0 spiro atoms. The van der Waals surface area contributed by atoms with Crippen LogP contribution in [0.1, 0.15) is 20.0 Å². The van der Waals surface area contributed by atoms with Crippen molar-refractivity contribution in [3.05, 3.63) is 59.7 Å². The van der Waals surface area contributed by atoms with E-state index in [0.717, 1.165) is 15.9 Å². The first-order chi connectivity index (χ1) is 10.4. The summed E-state index contributed by atoms with van der Waals surface area (Å²) in [6, 6.07) is 6.71. The molecule has 2 aromatic rings. The fourth-order valence-electron chi connectivity index (χ4n) is 1.53. The topological polar surface area (TPSA) is 86.5 Å². The lowest BCUT2D eigenvalue weighted by Gasteiger charge is -2.05. The first kappa shape index (κ1) is 16.6. The Bertz CT molecular complexity index is 761. The molecular weight excluding hydrogens is 398 g/mol. The van der Waals surface area contributed by atoms with Crippen molar-refractivity contribution in [3.8, 4) is 0 Å². The Balaban J connectivity index is 2.03. The zero-order valence-corrected chi connectivity index (χ0v) is 13.9. The molecule has 0 unspecified atom stereocenters. The van der Waals surface area contributed by atoms with E-state index >= 15 is 0 Å². The predicted molar refractivity (Wildman–Crippen MR) is 84.7 cm³/mol. The van der Waals surface area contributed by atoms with Crippen molar-refractivity contribution in [2.24, 2.45) is 0 Å². The Morgan fingerprint density at radius 2 is 2.05 bits per heavy atom. The molecule has 22 heavy (non-hydrogen) atoms. The van der Waals surface area contributed by atoms with Gasteiger partial charge in [0.05, 0.1) is 24.2 Å². The molecule has 2 rings (SSSR count). The van der Waals surface area contributed by atoms with Gasteiger partial charge in [-0.05, 0) is 34.1 Å². The average Bonchev–Trinajstić information content (AvgIpc) is 2.90. The standard InChI is InChI=1S/C13H7BrClNO5S/c14-12-4-3-11(22-12)10(17)6-21-13(18)8-2-1-7(16(19)20)5-9(8)15/h1-5H,6H2. The van der Waals surface area contributed by atoms with Crippen molar-refractivity contribution in [3.63, 3.8) is 0 Å². The molecular formula is C13H7BrClNO5S. The van der Waals surface area contributed by atoms with Gasteiger partial charge in [-0.2, -0.15) is 0 Å². The Morgan fingerprint density at radius 1 is 1.32 bits per heavy atom. The maximum atomic E-state index is 11.9. The number of nitro benzene ring substituents is 1. The summed E-state index contributed by atoms with van der Waals surface area (Å²) in [7, 11) is 0. The third kappa shape index (κ3) is 3.90. The Labute approximate surface area is 141 Å². The minimum Gasteiger partial charge on any atom is -0.454 e. The smallest absolute Gasteiger partial charge is 0.340 e. The van der Waals surface area contributed by atoms with Crippen LogP contribution in [-0.2, 0) is 4.74 Å². The number of nitro groups is 1. The molecule has 0 aliphatic carbocycles. The quantitative estimate of drug-likeness (QED) is 0.324. The summed E-state index contributed by atoms with van der Waals surface area (Å²) in [5.74, 6) is -1.16. The fraction of sp³-hybridized carbons (Fsp3) is 0.0769. The molecule has 1 aromatic carbocycles. The van der Waals surface area contributed by atoms with Crippen LogP contribution >= 0.6 is 38.9 Å². The molecule has 0 radical (unpaired) electrons. The molecule has 1 heterocycles. The number of benzene rings is 1. The van der Waals surface area contributed by atoms with Gasteiger partial charge in [-0.1, -0.05) is 11.6 Å². The highest BCUT2D eigenvalue weighted by molar-refractivity contribution is 9.11. The van der Waals surface area contributed by atoms with Crippen molar-refractivity contribution >= 4 is 56.3 Å². The number of rotatable bonds is 5. The molecule has 0 saturated heterocycles. The lowest BCUT2D eigenvalue weighted by molar-refractivity contribution is -0.384. The highest BCUT2D eigenvalue weighted by Crippen LogP contribution is 2.24. The maximum Gasteiger partial charge on any atom is 0.340 e. The van der Waals surface area contributed by atoms with Gasteiger partial charge in [-0.3, -0.25) is 14.9 Å². The largest absolute Gasteiger partial charge is 0.454 e. The van der Waals surface area contributed by atoms with E-state index in [2.05, 4.69) is 15.9 Å². The van der Waals surface area contributed by atoms with Crippen LogP contribution in [0, 0.1) is 10.1 Å². The van der Waals surface area contributed by atoms with Crippen molar-refractivity contribution in [2.45, 2.75) is 0 Å². The van der Waals surface area contributed by atoms with Crippen LogP contribution in [0.5, 0.6) is 0 Å². The molecule has 114 valence electrons. The van der Waals surface area contributed by atoms with Gasteiger partial charge >= 0.3 is 5.97 Å². The van der Waals surface area contributed by atoms with Crippen LogP contribution in [-0.4, -0.2) is 23.3 Å². The molecule has 0 N–H and O–H groups in total. The molecule has 0 saturated carbocycles. The van der Waals surface area contributed by atoms with Crippen molar-refractivity contribution in [1.29, 1.82) is 0 Å². The van der Waals surface area contributed by atoms with Crippen LogP contribution in [0.3, 0.4) is 0 Å². The Kier molecular flexibility index (Phi) is 5.28. The first-order valence-electron chi connectivity index (χ1n) is 5.78. The molecule has 0 aliphatic heterocycles. The highest BCUT2D eigenvalue weighted by Gasteiger charge is 2.18. The summed E-state index contributed by atoms with van der Waals surface area (Å²) in [6.45, 7) is -0.431. The van der Waals surface area contributed by atoms with E-state index in [4.69, 9.17) is 16.3 Å². The number of halogens is 2. The normalized spacial score (nSPS) is 10.3. The summed E-state index contributed by atoms with van der Waals surface area (Å²) in [5, 5.41) is 10.5. The van der Waals surface area contributed by atoms with Crippen LogP contribution in [0.2, 0.25) is 5.02 Å². The van der Waals surface area contributed by atoms with Gasteiger partial charge in [0.2, 0.25) is 5.78 Å². The Hall–Kier alpha value is -1.77. The summed E-state index contributed by atoms with van der Waals surface area (Å²) in [5.41, 5.74) is -0.270.